The van der Waals surface area contributed by atoms with Crippen LogP contribution < -0.4 is 11.3 Å². The Morgan fingerprint density at radius 3 is 2.33 bits per heavy atom. The summed E-state index contributed by atoms with van der Waals surface area (Å²) in [5, 5.41) is 0. The first-order valence-electron chi connectivity index (χ1n) is 5.93. The first-order valence-corrected chi connectivity index (χ1v) is 5.93. The van der Waals surface area contributed by atoms with Crippen molar-refractivity contribution < 1.29 is 0 Å². The molecule has 0 spiro atoms. The molecule has 1 atom stereocenters. The topological polar surface area (TPSA) is 38.0 Å². The fraction of sp³-hybridized carbons (Fsp3) is 0.538. The largest absolute Gasteiger partial charge is 0.271 e. The third-order valence-electron chi connectivity index (χ3n) is 3.46. The molecule has 0 bridgehead atoms. The lowest BCUT2D eigenvalue weighted by Crippen LogP contribution is -2.34. The molecule has 1 aliphatic rings. The van der Waals surface area contributed by atoms with Gasteiger partial charge in [0.15, 0.2) is 0 Å². The highest BCUT2D eigenvalue weighted by atomic mass is 15.2. The molecule has 1 aliphatic carbocycles. The smallest absolute Gasteiger partial charge is 0.0488 e. The van der Waals surface area contributed by atoms with Gasteiger partial charge in [0.25, 0.3) is 0 Å². The van der Waals surface area contributed by atoms with E-state index in [1.807, 2.05) is 0 Å². The zero-order valence-electron chi connectivity index (χ0n) is 9.15. The molecule has 0 radical (unpaired) electrons. The number of nitrogens with one attached hydrogen (secondary N) is 1. The number of hydrogen-bond donors (Lipinski definition) is 2. The van der Waals surface area contributed by atoms with Crippen molar-refractivity contribution in [3.8, 4) is 0 Å². The van der Waals surface area contributed by atoms with Crippen LogP contribution in [0.4, 0.5) is 0 Å². The van der Waals surface area contributed by atoms with Crippen LogP contribution in [0.25, 0.3) is 0 Å². The molecule has 2 rings (SSSR count). The lowest BCUT2D eigenvalue weighted by Gasteiger charge is -2.30. The molecule has 2 heteroatoms. The van der Waals surface area contributed by atoms with Crippen LogP contribution in [0.3, 0.4) is 0 Å². The lowest BCUT2D eigenvalue weighted by atomic mass is 9.81. The van der Waals surface area contributed by atoms with Crippen LogP contribution in [0.15, 0.2) is 30.3 Å². The van der Waals surface area contributed by atoms with Gasteiger partial charge in [-0.05, 0) is 24.3 Å². The molecule has 1 aromatic carbocycles. The van der Waals surface area contributed by atoms with E-state index < -0.39 is 0 Å². The van der Waals surface area contributed by atoms with E-state index in [4.69, 9.17) is 5.84 Å². The van der Waals surface area contributed by atoms with Gasteiger partial charge in [-0.15, -0.1) is 0 Å². The van der Waals surface area contributed by atoms with Crippen molar-refractivity contribution in [2.75, 3.05) is 0 Å². The number of rotatable bonds is 3. The second kappa shape index (κ2) is 5.29. The highest BCUT2D eigenvalue weighted by molar-refractivity contribution is 5.19. The summed E-state index contributed by atoms with van der Waals surface area (Å²) in [5.41, 5.74) is 4.31. The molecule has 0 heterocycles. The Hall–Kier alpha value is -0.860. The first-order chi connectivity index (χ1) is 7.42. The van der Waals surface area contributed by atoms with Crippen molar-refractivity contribution in [3.63, 3.8) is 0 Å². The Morgan fingerprint density at radius 2 is 1.73 bits per heavy atom. The van der Waals surface area contributed by atoms with Gasteiger partial charge in [-0.3, -0.25) is 11.3 Å². The van der Waals surface area contributed by atoms with Crippen molar-refractivity contribution in [2.24, 2.45) is 11.8 Å². The number of nitrogens with two attached hydrogens (primary N) is 1. The Labute approximate surface area is 91.8 Å². The van der Waals surface area contributed by atoms with Crippen LogP contribution >= 0.6 is 0 Å². The average Bonchev–Trinajstić information content (AvgIpc) is 2.33. The van der Waals surface area contributed by atoms with E-state index in [-0.39, 0.29) is 0 Å². The van der Waals surface area contributed by atoms with Crippen molar-refractivity contribution in [3.05, 3.63) is 35.9 Å². The lowest BCUT2D eigenvalue weighted by molar-refractivity contribution is 0.273. The fourth-order valence-electron chi connectivity index (χ4n) is 2.63. The Bertz CT molecular complexity index is 278. The summed E-state index contributed by atoms with van der Waals surface area (Å²) in [6, 6.07) is 10.9. The van der Waals surface area contributed by atoms with Crippen LogP contribution in [-0.2, 0) is 0 Å². The van der Waals surface area contributed by atoms with Gasteiger partial charge in [-0.25, -0.2) is 0 Å². The molecule has 1 saturated carbocycles. The molecular formula is C13H20N2. The Kier molecular flexibility index (Phi) is 3.75. The van der Waals surface area contributed by atoms with Gasteiger partial charge in [0.05, 0.1) is 0 Å². The predicted molar refractivity (Wildman–Crippen MR) is 63.1 cm³/mol. The molecule has 0 aromatic heterocycles. The van der Waals surface area contributed by atoms with E-state index in [0.717, 1.165) is 0 Å². The minimum atomic E-state index is 0.339. The zero-order chi connectivity index (χ0) is 10.5. The maximum absolute atomic E-state index is 5.69. The van der Waals surface area contributed by atoms with E-state index in [9.17, 15) is 0 Å². The van der Waals surface area contributed by atoms with Gasteiger partial charge in [-0.1, -0.05) is 49.6 Å². The maximum atomic E-state index is 5.69. The van der Waals surface area contributed by atoms with Gasteiger partial charge in [0.1, 0.15) is 0 Å². The fourth-order valence-corrected chi connectivity index (χ4v) is 2.63. The van der Waals surface area contributed by atoms with Crippen LogP contribution in [0.5, 0.6) is 0 Å². The summed E-state index contributed by atoms with van der Waals surface area (Å²) in [7, 11) is 0. The van der Waals surface area contributed by atoms with Crippen LogP contribution in [0.1, 0.15) is 43.7 Å². The van der Waals surface area contributed by atoms with Crippen LogP contribution in [0.2, 0.25) is 0 Å². The van der Waals surface area contributed by atoms with E-state index >= 15 is 0 Å². The molecule has 0 unspecified atom stereocenters. The highest BCUT2D eigenvalue weighted by Gasteiger charge is 2.23. The monoisotopic (exact) mass is 204 g/mol. The predicted octanol–water partition coefficient (Wildman–Crippen LogP) is 2.77. The quantitative estimate of drug-likeness (QED) is 0.587. The highest BCUT2D eigenvalue weighted by Crippen LogP contribution is 2.33. The summed E-state index contributed by atoms with van der Waals surface area (Å²) in [6.45, 7) is 0. The SMILES string of the molecule is NN[C@@H](c1ccccc1)C1CCCCC1. The molecule has 2 nitrogen and oxygen atoms in total. The summed E-state index contributed by atoms with van der Waals surface area (Å²) < 4.78 is 0. The first kappa shape index (κ1) is 10.7. The number of hydrogen-bond acceptors (Lipinski definition) is 2. The molecule has 1 aromatic rings. The zero-order valence-corrected chi connectivity index (χ0v) is 9.15. The maximum Gasteiger partial charge on any atom is 0.0488 e. The molecule has 1 fully saturated rings. The third kappa shape index (κ3) is 2.58. The molecule has 82 valence electrons. The van der Waals surface area contributed by atoms with Gasteiger partial charge >= 0.3 is 0 Å². The second-order valence-electron chi connectivity index (χ2n) is 4.45. The van der Waals surface area contributed by atoms with E-state index in [2.05, 4.69) is 35.8 Å². The van der Waals surface area contributed by atoms with Gasteiger partial charge in [0.2, 0.25) is 0 Å². The molecule has 0 saturated heterocycles. The third-order valence-corrected chi connectivity index (χ3v) is 3.46. The van der Waals surface area contributed by atoms with E-state index in [1.165, 1.54) is 37.7 Å². The molecule has 0 aliphatic heterocycles. The second-order valence-corrected chi connectivity index (χ2v) is 4.45. The molecular weight excluding hydrogens is 184 g/mol. The standard InChI is InChI=1S/C13H20N2/c14-15-13(11-7-3-1-4-8-11)12-9-5-2-6-10-12/h1,3-4,7-8,12-13,15H,2,5-6,9-10,14H2/t13-/m0/s1. The Balaban J connectivity index is 2.09. The summed E-state index contributed by atoms with van der Waals surface area (Å²) in [4.78, 5) is 0. The average molecular weight is 204 g/mol. The van der Waals surface area contributed by atoms with E-state index in [1.54, 1.807) is 0 Å². The van der Waals surface area contributed by atoms with Gasteiger partial charge in [0, 0.05) is 6.04 Å². The number of benzene rings is 1. The number of hydrazine groups is 1. The van der Waals surface area contributed by atoms with Crippen molar-refractivity contribution >= 4 is 0 Å². The van der Waals surface area contributed by atoms with Crippen molar-refractivity contribution in [1.29, 1.82) is 0 Å². The van der Waals surface area contributed by atoms with Crippen LogP contribution in [0, 0.1) is 5.92 Å². The van der Waals surface area contributed by atoms with Gasteiger partial charge in [-0.2, -0.15) is 0 Å². The minimum absolute atomic E-state index is 0.339. The summed E-state index contributed by atoms with van der Waals surface area (Å²) in [6.07, 6.45) is 6.72. The molecule has 3 N–H and O–H groups in total. The van der Waals surface area contributed by atoms with E-state index in [0.29, 0.717) is 12.0 Å². The molecule has 0 amide bonds. The summed E-state index contributed by atoms with van der Waals surface area (Å²) in [5.74, 6) is 6.40. The Morgan fingerprint density at radius 1 is 1.07 bits per heavy atom. The van der Waals surface area contributed by atoms with Crippen molar-refractivity contribution in [1.82, 2.24) is 5.43 Å². The van der Waals surface area contributed by atoms with Gasteiger partial charge < -0.3 is 0 Å². The summed E-state index contributed by atoms with van der Waals surface area (Å²) >= 11 is 0. The minimum Gasteiger partial charge on any atom is -0.271 e. The van der Waals surface area contributed by atoms with Crippen LogP contribution in [-0.4, -0.2) is 0 Å². The normalized spacial score (nSPS) is 20.1. The van der Waals surface area contributed by atoms with Crippen molar-refractivity contribution in [2.45, 2.75) is 38.1 Å². The molecule has 15 heavy (non-hydrogen) atoms.